The molecule has 2 nitrogen and oxygen atoms in total. The van der Waals surface area contributed by atoms with E-state index in [1.807, 2.05) is 0 Å². The predicted molar refractivity (Wildman–Crippen MR) is 78.4 cm³/mol. The van der Waals surface area contributed by atoms with E-state index in [1.54, 1.807) is 0 Å². The van der Waals surface area contributed by atoms with Crippen LogP contribution in [0.4, 0.5) is 0 Å². The van der Waals surface area contributed by atoms with Crippen molar-refractivity contribution in [3.05, 3.63) is 0 Å². The Morgan fingerprint density at radius 3 is 1.65 bits per heavy atom. The summed E-state index contributed by atoms with van der Waals surface area (Å²) in [6, 6.07) is 0.666. The van der Waals surface area contributed by atoms with Gasteiger partial charge in [0.15, 0.2) is 0 Å². The normalized spacial score (nSPS) is 14.3. The summed E-state index contributed by atoms with van der Waals surface area (Å²) in [5.41, 5.74) is 0. The largest absolute Gasteiger partial charge is 0.315 e. The second kappa shape index (κ2) is 8.93. The van der Waals surface area contributed by atoms with Crippen molar-refractivity contribution in [2.45, 2.75) is 54.5 Å². The molecule has 1 unspecified atom stereocenters. The van der Waals surface area contributed by atoms with Gasteiger partial charge in [0, 0.05) is 25.7 Å². The minimum absolute atomic E-state index is 0.666. The van der Waals surface area contributed by atoms with Crippen molar-refractivity contribution < 1.29 is 0 Å². The van der Waals surface area contributed by atoms with Crippen LogP contribution in [0.2, 0.25) is 0 Å². The van der Waals surface area contributed by atoms with Crippen molar-refractivity contribution in [2.75, 3.05) is 26.2 Å². The zero-order valence-electron chi connectivity index (χ0n) is 13.1. The molecule has 0 aromatic heterocycles. The van der Waals surface area contributed by atoms with Gasteiger partial charge in [-0.05, 0) is 24.3 Å². The van der Waals surface area contributed by atoms with Gasteiger partial charge in [0.1, 0.15) is 0 Å². The van der Waals surface area contributed by atoms with Gasteiger partial charge in [0.05, 0.1) is 0 Å². The Balaban J connectivity index is 4.54. The second-order valence-electron chi connectivity index (χ2n) is 6.36. The first-order valence-corrected chi connectivity index (χ1v) is 7.33. The van der Waals surface area contributed by atoms with E-state index in [0.717, 1.165) is 24.9 Å². The number of likely N-dealkylation sites (N-methyl/N-ethyl adjacent to an activating group) is 1. The van der Waals surface area contributed by atoms with Gasteiger partial charge in [0.2, 0.25) is 0 Å². The highest BCUT2D eigenvalue weighted by Crippen LogP contribution is 2.14. The number of hydrogen-bond acceptors (Lipinski definition) is 2. The van der Waals surface area contributed by atoms with Crippen LogP contribution in [0.1, 0.15) is 48.5 Å². The molecule has 0 amide bonds. The maximum absolute atomic E-state index is 3.51. The van der Waals surface area contributed by atoms with Crippen LogP contribution in [0.3, 0.4) is 0 Å². The molecule has 17 heavy (non-hydrogen) atoms. The highest BCUT2D eigenvalue weighted by Gasteiger charge is 2.22. The average Bonchev–Trinajstić information content (AvgIpc) is 2.15. The lowest BCUT2D eigenvalue weighted by molar-refractivity contribution is 0.121. The van der Waals surface area contributed by atoms with E-state index < -0.39 is 0 Å². The fraction of sp³-hybridized carbons (Fsp3) is 1.00. The average molecular weight is 242 g/mol. The summed E-state index contributed by atoms with van der Waals surface area (Å²) in [5, 5.41) is 3.51. The van der Waals surface area contributed by atoms with Crippen molar-refractivity contribution in [3.63, 3.8) is 0 Å². The lowest BCUT2D eigenvalue weighted by atomic mass is 9.99. The fourth-order valence-corrected chi connectivity index (χ4v) is 2.36. The van der Waals surface area contributed by atoms with E-state index >= 15 is 0 Å². The van der Waals surface area contributed by atoms with E-state index in [9.17, 15) is 0 Å². The quantitative estimate of drug-likeness (QED) is 0.668. The third kappa shape index (κ3) is 7.77. The molecule has 0 saturated heterocycles. The molecule has 104 valence electrons. The van der Waals surface area contributed by atoms with Crippen LogP contribution >= 0.6 is 0 Å². The molecule has 0 rings (SSSR count). The van der Waals surface area contributed by atoms with Gasteiger partial charge in [-0.25, -0.2) is 0 Å². The van der Waals surface area contributed by atoms with Crippen LogP contribution in [0, 0.1) is 17.8 Å². The third-order valence-electron chi connectivity index (χ3n) is 3.04. The number of hydrogen-bond donors (Lipinski definition) is 1. The summed E-state index contributed by atoms with van der Waals surface area (Å²) < 4.78 is 0. The minimum Gasteiger partial charge on any atom is -0.315 e. The number of nitrogens with one attached hydrogen (secondary N) is 1. The SMILES string of the molecule is CCNCC(C(C)C)N(CC(C)C)CC(C)C. The Hall–Kier alpha value is -0.0800. The van der Waals surface area contributed by atoms with Crippen molar-refractivity contribution in [1.29, 1.82) is 0 Å². The predicted octanol–water partition coefficient (Wildman–Crippen LogP) is 3.23. The molecule has 0 aliphatic carbocycles. The molecule has 2 heteroatoms. The van der Waals surface area contributed by atoms with Crippen molar-refractivity contribution in [2.24, 2.45) is 17.8 Å². The third-order valence-corrected chi connectivity index (χ3v) is 3.04. The molecule has 0 spiro atoms. The lowest BCUT2D eigenvalue weighted by Gasteiger charge is -2.37. The Morgan fingerprint density at radius 1 is 0.882 bits per heavy atom. The molecule has 0 heterocycles. The molecular formula is C15H34N2. The maximum Gasteiger partial charge on any atom is 0.0243 e. The Kier molecular flexibility index (Phi) is 8.89. The zero-order chi connectivity index (χ0) is 13.4. The van der Waals surface area contributed by atoms with E-state index in [4.69, 9.17) is 0 Å². The van der Waals surface area contributed by atoms with Crippen molar-refractivity contribution >= 4 is 0 Å². The van der Waals surface area contributed by atoms with Gasteiger partial charge in [-0.3, -0.25) is 4.90 Å². The zero-order valence-corrected chi connectivity index (χ0v) is 13.1. The molecule has 0 aliphatic rings. The molecule has 0 aromatic rings. The molecule has 0 saturated carbocycles. The monoisotopic (exact) mass is 242 g/mol. The summed E-state index contributed by atoms with van der Waals surface area (Å²) in [7, 11) is 0. The van der Waals surface area contributed by atoms with Crippen molar-refractivity contribution in [3.8, 4) is 0 Å². The number of rotatable bonds is 9. The number of nitrogens with zero attached hydrogens (tertiary/aromatic N) is 1. The molecule has 0 radical (unpaired) electrons. The molecule has 0 bridgehead atoms. The molecule has 0 aromatic carbocycles. The Labute approximate surface area is 109 Å². The van der Waals surface area contributed by atoms with Crippen LogP contribution in [-0.2, 0) is 0 Å². The Bertz CT molecular complexity index is 166. The van der Waals surface area contributed by atoms with Crippen LogP contribution < -0.4 is 5.32 Å². The molecule has 1 atom stereocenters. The van der Waals surface area contributed by atoms with Crippen molar-refractivity contribution in [1.82, 2.24) is 10.2 Å². The van der Waals surface area contributed by atoms with Crippen LogP contribution in [-0.4, -0.2) is 37.1 Å². The smallest absolute Gasteiger partial charge is 0.0243 e. The Morgan fingerprint density at radius 2 is 1.35 bits per heavy atom. The molecule has 0 aliphatic heterocycles. The van der Waals surface area contributed by atoms with Gasteiger partial charge in [-0.2, -0.15) is 0 Å². The van der Waals surface area contributed by atoms with Gasteiger partial charge in [0.25, 0.3) is 0 Å². The summed E-state index contributed by atoms with van der Waals surface area (Å²) >= 11 is 0. The molecule has 1 N–H and O–H groups in total. The summed E-state index contributed by atoms with van der Waals surface area (Å²) in [5.74, 6) is 2.21. The van der Waals surface area contributed by atoms with Crippen LogP contribution in [0.5, 0.6) is 0 Å². The minimum atomic E-state index is 0.666. The summed E-state index contributed by atoms with van der Waals surface area (Å²) in [4.78, 5) is 2.68. The molecular weight excluding hydrogens is 208 g/mol. The van der Waals surface area contributed by atoms with E-state index in [2.05, 4.69) is 58.7 Å². The highest BCUT2D eigenvalue weighted by molar-refractivity contribution is 4.78. The van der Waals surface area contributed by atoms with E-state index in [-0.39, 0.29) is 0 Å². The maximum atomic E-state index is 3.51. The van der Waals surface area contributed by atoms with Gasteiger partial charge < -0.3 is 5.32 Å². The van der Waals surface area contributed by atoms with E-state index in [1.165, 1.54) is 13.1 Å². The summed E-state index contributed by atoms with van der Waals surface area (Å²) in [6.45, 7) is 20.8. The first-order valence-electron chi connectivity index (χ1n) is 7.33. The van der Waals surface area contributed by atoms with Gasteiger partial charge in [-0.1, -0.05) is 48.5 Å². The van der Waals surface area contributed by atoms with Crippen LogP contribution in [0.15, 0.2) is 0 Å². The molecule has 0 fully saturated rings. The van der Waals surface area contributed by atoms with Gasteiger partial charge in [-0.15, -0.1) is 0 Å². The highest BCUT2D eigenvalue weighted by atomic mass is 15.2. The lowest BCUT2D eigenvalue weighted by Crippen LogP contribution is -2.48. The van der Waals surface area contributed by atoms with Gasteiger partial charge >= 0.3 is 0 Å². The second-order valence-corrected chi connectivity index (χ2v) is 6.36. The first kappa shape index (κ1) is 16.9. The standard InChI is InChI=1S/C15H34N2/c1-8-16-9-15(14(6)7)17(10-12(2)3)11-13(4)5/h12-16H,8-11H2,1-7H3. The topological polar surface area (TPSA) is 15.3 Å². The fourth-order valence-electron chi connectivity index (χ4n) is 2.36. The van der Waals surface area contributed by atoms with Crippen LogP contribution in [0.25, 0.3) is 0 Å². The first-order chi connectivity index (χ1) is 7.88. The summed E-state index contributed by atoms with van der Waals surface area (Å²) in [6.07, 6.45) is 0. The van der Waals surface area contributed by atoms with E-state index in [0.29, 0.717) is 12.0 Å².